The summed E-state index contributed by atoms with van der Waals surface area (Å²) in [5.41, 5.74) is 2.39. The molecule has 0 saturated carbocycles. The fourth-order valence-corrected chi connectivity index (χ4v) is 4.60. The molecule has 0 bridgehead atoms. The van der Waals surface area contributed by atoms with E-state index in [1.807, 2.05) is 6.92 Å². The van der Waals surface area contributed by atoms with Crippen molar-refractivity contribution in [1.82, 2.24) is 10.3 Å². The molecular formula is C15H19BrN2S2. The monoisotopic (exact) mass is 370 g/mol. The van der Waals surface area contributed by atoms with Gasteiger partial charge in [0.2, 0.25) is 0 Å². The van der Waals surface area contributed by atoms with Gasteiger partial charge in [-0.05, 0) is 44.5 Å². The van der Waals surface area contributed by atoms with Gasteiger partial charge in [-0.1, -0.05) is 40.7 Å². The maximum absolute atomic E-state index is 4.49. The van der Waals surface area contributed by atoms with Crippen LogP contribution in [0, 0.1) is 6.92 Å². The molecule has 0 aliphatic rings. The van der Waals surface area contributed by atoms with Crippen molar-refractivity contribution >= 4 is 39.0 Å². The average Bonchev–Trinajstić information content (AvgIpc) is 2.81. The minimum Gasteiger partial charge on any atom is -0.310 e. The molecule has 20 heavy (non-hydrogen) atoms. The lowest BCUT2D eigenvalue weighted by molar-refractivity contribution is 0.568. The molecule has 1 aromatic carbocycles. The second-order valence-corrected chi connectivity index (χ2v) is 7.75. The molecule has 1 unspecified atom stereocenters. The molecule has 0 fully saturated rings. The van der Waals surface area contributed by atoms with Crippen molar-refractivity contribution < 1.29 is 0 Å². The molecule has 1 heterocycles. The fourth-order valence-electron chi connectivity index (χ4n) is 1.87. The van der Waals surface area contributed by atoms with Crippen LogP contribution in [0.1, 0.15) is 37.6 Å². The summed E-state index contributed by atoms with van der Waals surface area (Å²) in [7, 11) is 0. The van der Waals surface area contributed by atoms with Gasteiger partial charge in [-0.25, -0.2) is 4.98 Å². The summed E-state index contributed by atoms with van der Waals surface area (Å²) in [5, 5.41) is 5.60. The molecule has 0 aliphatic carbocycles. The van der Waals surface area contributed by atoms with Gasteiger partial charge in [0.25, 0.3) is 0 Å². The zero-order valence-corrected chi connectivity index (χ0v) is 15.2. The Kier molecular flexibility index (Phi) is 6.08. The summed E-state index contributed by atoms with van der Waals surface area (Å²) in [6.45, 7) is 7.46. The van der Waals surface area contributed by atoms with Crippen LogP contribution in [-0.2, 0) is 0 Å². The highest BCUT2D eigenvalue weighted by atomic mass is 79.9. The standard InChI is InChI=1S/C15H19BrN2S2/c1-4-7-17-11(3)13-6-5-12(8-14(13)16)20-15-18-10(2)9-19-15/h5-6,8-9,11,17H,4,7H2,1-3H3. The van der Waals surface area contributed by atoms with Gasteiger partial charge >= 0.3 is 0 Å². The predicted octanol–water partition coefficient (Wildman–Crippen LogP) is 5.43. The third-order valence-corrected chi connectivity index (χ3v) is 5.67. The minimum atomic E-state index is 0.366. The van der Waals surface area contributed by atoms with Gasteiger partial charge < -0.3 is 5.32 Å². The SMILES string of the molecule is CCCNC(C)c1ccc(Sc2nc(C)cs2)cc1Br. The van der Waals surface area contributed by atoms with Crippen LogP contribution in [-0.4, -0.2) is 11.5 Å². The second-order valence-electron chi connectivity index (χ2n) is 4.72. The summed E-state index contributed by atoms with van der Waals surface area (Å²) in [6.07, 6.45) is 1.15. The molecule has 0 saturated heterocycles. The van der Waals surface area contributed by atoms with Crippen molar-refractivity contribution in [2.24, 2.45) is 0 Å². The van der Waals surface area contributed by atoms with E-state index in [9.17, 15) is 0 Å². The van der Waals surface area contributed by atoms with E-state index in [1.165, 1.54) is 10.5 Å². The Morgan fingerprint density at radius 2 is 2.25 bits per heavy atom. The van der Waals surface area contributed by atoms with Gasteiger partial charge in [-0.2, -0.15) is 0 Å². The van der Waals surface area contributed by atoms with Crippen LogP contribution in [0.5, 0.6) is 0 Å². The number of hydrogen-bond donors (Lipinski definition) is 1. The first kappa shape index (κ1) is 16.0. The lowest BCUT2D eigenvalue weighted by atomic mass is 10.1. The van der Waals surface area contributed by atoms with E-state index in [0.29, 0.717) is 6.04 Å². The number of hydrogen-bond acceptors (Lipinski definition) is 4. The Labute approximate surface area is 137 Å². The van der Waals surface area contributed by atoms with E-state index in [0.717, 1.165) is 27.5 Å². The number of thiazole rings is 1. The highest BCUT2D eigenvalue weighted by Crippen LogP contribution is 2.34. The first-order valence-corrected chi connectivity index (χ1v) is 9.22. The third-order valence-electron chi connectivity index (χ3n) is 2.94. The maximum atomic E-state index is 4.49. The summed E-state index contributed by atoms with van der Waals surface area (Å²) in [4.78, 5) is 5.71. The van der Waals surface area contributed by atoms with Gasteiger partial charge in [-0.15, -0.1) is 11.3 Å². The van der Waals surface area contributed by atoms with Crippen molar-refractivity contribution in [3.8, 4) is 0 Å². The second kappa shape index (κ2) is 7.59. The third kappa shape index (κ3) is 4.32. The maximum Gasteiger partial charge on any atom is 0.154 e. The van der Waals surface area contributed by atoms with Gasteiger partial charge in [0, 0.05) is 26.5 Å². The van der Waals surface area contributed by atoms with Crippen molar-refractivity contribution in [2.75, 3.05) is 6.54 Å². The predicted molar refractivity (Wildman–Crippen MR) is 91.8 cm³/mol. The molecule has 1 atom stereocenters. The van der Waals surface area contributed by atoms with Gasteiger partial charge in [-0.3, -0.25) is 0 Å². The molecule has 0 spiro atoms. The topological polar surface area (TPSA) is 24.9 Å². The quantitative estimate of drug-likeness (QED) is 0.733. The largest absolute Gasteiger partial charge is 0.310 e. The van der Waals surface area contributed by atoms with E-state index in [2.05, 4.69) is 63.7 Å². The summed E-state index contributed by atoms with van der Waals surface area (Å²) in [6, 6.07) is 6.91. The molecule has 2 aromatic rings. The lowest BCUT2D eigenvalue weighted by Crippen LogP contribution is -2.19. The molecule has 0 amide bonds. The van der Waals surface area contributed by atoms with Crippen LogP contribution in [0.2, 0.25) is 0 Å². The Morgan fingerprint density at radius 1 is 1.45 bits per heavy atom. The van der Waals surface area contributed by atoms with Gasteiger partial charge in [0.05, 0.1) is 0 Å². The van der Waals surface area contributed by atoms with Crippen LogP contribution in [0.4, 0.5) is 0 Å². The van der Waals surface area contributed by atoms with Crippen molar-refractivity contribution in [2.45, 2.75) is 42.5 Å². The molecule has 5 heteroatoms. The van der Waals surface area contributed by atoms with E-state index in [4.69, 9.17) is 0 Å². The first-order valence-electron chi connectivity index (χ1n) is 6.73. The Balaban J connectivity index is 2.09. The minimum absolute atomic E-state index is 0.366. The average molecular weight is 371 g/mol. The van der Waals surface area contributed by atoms with Crippen molar-refractivity contribution in [3.63, 3.8) is 0 Å². The number of aryl methyl sites for hydroxylation is 1. The summed E-state index contributed by atoms with van der Waals surface area (Å²) >= 11 is 7.10. The molecular weight excluding hydrogens is 352 g/mol. The van der Waals surface area contributed by atoms with Crippen LogP contribution >= 0.6 is 39.0 Å². The Morgan fingerprint density at radius 3 is 2.85 bits per heavy atom. The summed E-state index contributed by atoms with van der Waals surface area (Å²) < 4.78 is 2.26. The Bertz CT molecular complexity index is 569. The van der Waals surface area contributed by atoms with Crippen molar-refractivity contribution in [1.29, 1.82) is 0 Å². The number of nitrogens with zero attached hydrogens (tertiary/aromatic N) is 1. The number of aromatic nitrogens is 1. The zero-order chi connectivity index (χ0) is 14.5. The smallest absolute Gasteiger partial charge is 0.154 e. The van der Waals surface area contributed by atoms with Crippen LogP contribution in [0.25, 0.3) is 0 Å². The molecule has 1 aromatic heterocycles. The molecule has 108 valence electrons. The van der Waals surface area contributed by atoms with Crippen LogP contribution in [0.3, 0.4) is 0 Å². The number of benzene rings is 1. The van der Waals surface area contributed by atoms with Gasteiger partial charge in [0.1, 0.15) is 0 Å². The molecule has 2 rings (SSSR count). The highest BCUT2D eigenvalue weighted by molar-refractivity contribution is 9.10. The van der Waals surface area contributed by atoms with Crippen LogP contribution in [0.15, 0.2) is 37.3 Å². The van der Waals surface area contributed by atoms with Crippen LogP contribution < -0.4 is 5.32 Å². The number of nitrogens with one attached hydrogen (secondary N) is 1. The van der Waals surface area contributed by atoms with E-state index in [1.54, 1.807) is 23.1 Å². The van der Waals surface area contributed by atoms with Gasteiger partial charge in [0.15, 0.2) is 4.34 Å². The first-order chi connectivity index (χ1) is 9.60. The van der Waals surface area contributed by atoms with E-state index in [-0.39, 0.29) is 0 Å². The molecule has 2 nitrogen and oxygen atoms in total. The number of halogens is 1. The normalized spacial score (nSPS) is 12.6. The number of rotatable bonds is 6. The highest BCUT2D eigenvalue weighted by Gasteiger charge is 2.10. The zero-order valence-electron chi connectivity index (χ0n) is 11.9. The van der Waals surface area contributed by atoms with E-state index >= 15 is 0 Å². The van der Waals surface area contributed by atoms with E-state index < -0.39 is 0 Å². The molecule has 0 radical (unpaired) electrons. The Hall–Kier alpha value is -0.360. The summed E-state index contributed by atoms with van der Waals surface area (Å²) in [5.74, 6) is 0. The lowest BCUT2D eigenvalue weighted by Gasteiger charge is -2.16. The van der Waals surface area contributed by atoms with Crippen molar-refractivity contribution in [3.05, 3.63) is 39.3 Å². The molecule has 1 N–H and O–H groups in total. The fraction of sp³-hybridized carbons (Fsp3) is 0.400. The molecule has 0 aliphatic heterocycles.